The lowest BCUT2D eigenvalue weighted by Gasteiger charge is -2.37. The summed E-state index contributed by atoms with van der Waals surface area (Å²) in [5.41, 5.74) is 5.93. The van der Waals surface area contributed by atoms with Gasteiger partial charge in [0.2, 0.25) is 5.91 Å². The summed E-state index contributed by atoms with van der Waals surface area (Å²) >= 11 is 0. The van der Waals surface area contributed by atoms with Crippen molar-refractivity contribution in [2.75, 3.05) is 26.7 Å². The van der Waals surface area contributed by atoms with E-state index in [0.717, 1.165) is 64.6 Å². The van der Waals surface area contributed by atoms with Gasteiger partial charge in [0.05, 0.1) is 0 Å². The number of nitrogens with zero attached hydrogens (tertiary/aromatic N) is 2. The number of nitrogens with two attached hydrogens (primary N) is 1. The van der Waals surface area contributed by atoms with Gasteiger partial charge < -0.3 is 15.5 Å². The highest BCUT2D eigenvalue weighted by molar-refractivity contribution is 5.76. The second-order valence-corrected chi connectivity index (χ2v) is 6.66. The standard InChI is InChI=1S/C16H31N3O/c1-3-19-10-8-15(9-11-19)18(2)16(20)12-13-4-6-14(17)7-5-13/h13-15H,3-12,17H2,1-2H3. The molecule has 2 rings (SSSR count). The maximum absolute atomic E-state index is 12.4. The molecule has 2 fully saturated rings. The minimum Gasteiger partial charge on any atom is -0.343 e. The van der Waals surface area contributed by atoms with E-state index in [-0.39, 0.29) is 0 Å². The molecule has 1 amide bonds. The monoisotopic (exact) mass is 281 g/mol. The average Bonchev–Trinajstić information content (AvgIpc) is 2.49. The second-order valence-electron chi connectivity index (χ2n) is 6.66. The molecule has 1 heterocycles. The molecule has 0 atom stereocenters. The number of piperidine rings is 1. The zero-order chi connectivity index (χ0) is 14.5. The third kappa shape index (κ3) is 4.19. The van der Waals surface area contributed by atoms with Gasteiger partial charge in [0.1, 0.15) is 0 Å². The first kappa shape index (κ1) is 15.8. The van der Waals surface area contributed by atoms with Crippen molar-refractivity contribution >= 4 is 5.91 Å². The van der Waals surface area contributed by atoms with E-state index in [1.54, 1.807) is 0 Å². The SMILES string of the molecule is CCN1CCC(N(C)C(=O)CC2CCC(N)CC2)CC1. The van der Waals surface area contributed by atoms with Gasteiger partial charge in [-0.3, -0.25) is 4.79 Å². The Hall–Kier alpha value is -0.610. The number of hydrogen-bond acceptors (Lipinski definition) is 3. The van der Waals surface area contributed by atoms with Crippen molar-refractivity contribution in [2.24, 2.45) is 11.7 Å². The van der Waals surface area contributed by atoms with E-state index in [0.29, 0.717) is 23.9 Å². The molecule has 116 valence electrons. The quantitative estimate of drug-likeness (QED) is 0.855. The van der Waals surface area contributed by atoms with Crippen molar-refractivity contribution in [3.05, 3.63) is 0 Å². The molecule has 1 aliphatic carbocycles. The topological polar surface area (TPSA) is 49.6 Å². The number of carbonyl (C=O) groups is 1. The smallest absolute Gasteiger partial charge is 0.222 e. The number of likely N-dealkylation sites (tertiary alicyclic amines) is 1. The summed E-state index contributed by atoms with van der Waals surface area (Å²) < 4.78 is 0. The van der Waals surface area contributed by atoms with Crippen molar-refractivity contribution in [1.82, 2.24) is 9.80 Å². The lowest BCUT2D eigenvalue weighted by atomic mass is 9.84. The van der Waals surface area contributed by atoms with Gasteiger partial charge in [-0.2, -0.15) is 0 Å². The van der Waals surface area contributed by atoms with Gasteiger partial charge in [-0.1, -0.05) is 6.92 Å². The molecule has 4 nitrogen and oxygen atoms in total. The van der Waals surface area contributed by atoms with Crippen LogP contribution in [0.5, 0.6) is 0 Å². The fraction of sp³-hybridized carbons (Fsp3) is 0.938. The van der Waals surface area contributed by atoms with Gasteiger partial charge in [-0.05, 0) is 51.0 Å². The fourth-order valence-electron chi connectivity index (χ4n) is 3.61. The Morgan fingerprint density at radius 3 is 2.30 bits per heavy atom. The van der Waals surface area contributed by atoms with Gasteiger partial charge in [-0.25, -0.2) is 0 Å². The lowest BCUT2D eigenvalue weighted by Crippen LogP contribution is -2.46. The summed E-state index contributed by atoms with van der Waals surface area (Å²) in [4.78, 5) is 16.9. The molecule has 20 heavy (non-hydrogen) atoms. The van der Waals surface area contributed by atoms with E-state index in [2.05, 4.69) is 11.8 Å². The van der Waals surface area contributed by atoms with Crippen molar-refractivity contribution < 1.29 is 4.79 Å². The summed E-state index contributed by atoms with van der Waals surface area (Å²) in [5.74, 6) is 0.918. The molecule has 4 heteroatoms. The fourth-order valence-corrected chi connectivity index (χ4v) is 3.61. The van der Waals surface area contributed by atoms with Crippen LogP contribution in [0.3, 0.4) is 0 Å². The Labute approximate surface area is 123 Å². The summed E-state index contributed by atoms with van der Waals surface area (Å²) in [6.45, 7) is 5.61. The van der Waals surface area contributed by atoms with Crippen molar-refractivity contribution in [3.63, 3.8) is 0 Å². The summed E-state index contributed by atoms with van der Waals surface area (Å²) in [6, 6.07) is 0.827. The molecular formula is C16H31N3O. The van der Waals surface area contributed by atoms with E-state index >= 15 is 0 Å². The molecule has 0 spiro atoms. The first-order chi connectivity index (χ1) is 9.60. The van der Waals surface area contributed by atoms with E-state index in [1.165, 1.54) is 0 Å². The largest absolute Gasteiger partial charge is 0.343 e. The normalized spacial score (nSPS) is 29.4. The Balaban J connectivity index is 1.74. The maximum Gasteiger partial charge on any atom is 0.222 e. The molecule has 0 aromatic rings. The Kier molecular flexibility index (Phi) is 5.85. The van der Waals surface area contributed by atoms with E-state index < -0.39 is 0 Å². The van der Waals surface area contributed by atoms with Crippen molar-refractivity contribution in [3.8, 4) is 0 Å². The van der Waals surface area contributed by atoms with E-state index in [1.807, 2.05) is 11.9 Å². The molecule has 0 aromatic heterocycles. The molecule has 0 unspecified atom stereocenters. The maximum atomic E-state index is 12.4. The van der Waals surface area contributed by atoms with Crippen LogP contribution in [0.1, 0.15) is 51.9 Å². The Morgan fingerprint density at radius 2 is 1.75 bits per heavy atom. The zero-order valence-corrected chi connectivity index (χ0v) is 13.2. The van der Waals surface area contributed by atoms with Crippen LogP contribution in [0.4, 0.5) is 0 Å². The van der Waals surface area contributed by atoms with Gasteiger partial charge in [-0.15, -0.1) is 0 Å². The van der Waals surface area contributed by atoms with Gasteiger partial charge in [0.15, 0.2) is 0 Å². The first-order valence-corrected chi connectivity index (χ1v) is 8.33. The Morgan fingerprint density at radius 1 is 1.15 bits per heavy atom. The minimum atomic E-state index is 0.348. The molecule has 0 radical (unpaired) electrons. The van der Waals surface area contributed by atoms with Crippen LogP contribution >= 0.6 is 0 Å². The molecule has 1 saturated carbocycles. The first-order valence-electron chi connectivity index (χ1n) is 8.33. The van der Waals surface area contributed by atoms with Crippen LogP contribution in [0, 0.1) is 5.92 Å². The van der Waals surface area contributed by atoms with Crippen molar-refractivity contribution in [2.45, 2.75) is 64.0 Å². The second kappa shape index (κ2) is 7.41. The van der Waals surface area contributed by atoms with Crippen LogP contribution in [0.15, 0.2) is 0 Å². The van der Waals surface area contributed by atoms with Crippen LogP contribution < -0.4 is 5.73 Å². The van der Waals surface area contributed by atoms with Crippen LogP contribution in [-0.4, -0.2) is 54.5 Å². The number of carbonyl (C=O) groups excluding carboxylic acids is 1. The predicted octanol–water partition coefficient (Wildman–Crippen LogP) is 1.84. The summed E-state index contributed by atoms with van der Waals surface area (Å²) in [5, 5.41) is 0. The van der Waals surface area contributed by atoms with Crippen LogP contribution in [-0.2, 0) is 4.79 Å². The van der Waals surface area contributed by atoms with Crippen LogP contribution in [0.2, 0.25) is 0 Å². The zero-order valence-electron chi connectivity index (χ0n) is 13.2. The molecular weight excluding hydrogens is 250 g/mol. The summed E-state index contributed by atoms with van der Waals surface area (Å²) in [7, 11) is 2.00. The molecule has 1 aliphatic heterocycles. The third-order valence-corrected chi connectivity index (χ3v) is 5.30. The highest BCUT2D eigenvalue weighted by Crippen LogP contribution is 2.27. The number of hydrogen-bond donors (Lipinski definition) is 1. The number of amides is 1. The van der Waals surface area contributed by atoms with Gasteiger partial charge >= 0.3 is 0 Å². The third-order valence-electron chi connectivity index (χ3n) is 5.30. The molecule has 0 bridgehead atoms. The number of rotatable bonds is 4. The highest BCUT2D eigenvalue weighted by atomic mass is 16.2. The predicted molar refractivity (Wildman–Crippen MR) is 82.5 cm³/mol. The molecule has 2 aliphatic rings. The van der Waals surface area contributed by atoms with Gasteiger partial charge in [0.25, 0.3) is 0 Å². The molecule has 2 N–H and O–H groups in total. The van der Waals surface area contributed by atoms with E-state index in [4.69, 9.17) is 5.73 Å². The van der Waals surface area contributed by atoms with Crippen molar-refractivity contribution in [1.29, 1.82) is 0 Å². The average molecular weight is 281 g/mol. The highest BCUT2D eigenvalue weighted by Gasteiger charge is 2.27. The minimum absolute atomic E-state index is 0.348. The van der Waals surface area contributed by atoms with E-state index in [9.17, 15) is 4.79 Å². The van der Waals surface area contributed by atoms with Crippen LogP contribution in [0.25, 0.3) is 0 Å². The molecule has 1 saturated heterocycles. The van der Waals surface area contributed by atoms with Gasteiger partial charge in [0, 0.05) is 38.6 Å². The Bertz CT molecular complexity index is 305. The summed E-state index contributed by atoms with van der Waals surface area (Å²) in [6.07, 6.45) is 7.45. The molecule has 0 aromatic carbocycles. The lowest BCUT2D eigenvalue weighted by molar-refractivity contribution is -0.134.